The van der Waals surface area contributed by atoms with Gasteiger partial charge >= 0.3 is 6.09 Å². The summed E-state index contributed by atoms with van der Waals surface area (Å²) in [4.78, 5) is 23.3. The number of carboxylic acid groups (broad SMARTS) is 1. The maximum atomic E-state index is 14.5. The molecule has 1 amide bonds. The van der Waals surface area contributed by atoms with Crippen molar-refractivity contribution in [1.29, 1.82) is 0 Å². The summed E-state index contributed by atoms with van der Waals surface area (Å²) >= 11 is 0. The van der Waals surface area contributed by atoms with Crippen molar-refractivity contribution in [3.8, 4) is 11.4 Å². The fourth-order valence-corrected chi connectivity index (χ4v) is 3.57. The van der Waals surface area contributed by atoms with Crippen molar-refractivity contribution in [3.63, 3.8) is 0 Å². The molecule has 0 aliphatic carbocycles. The Morgan fingerprint density at radius 3 is 2.64 bits per heavy atom. The van der Waals surface area contributed by atoms with E-state index >= 15 is 0 Å². The Balaban J connectivity index is 1.88. The molecule has 0 radical (unpaired) electrons. The highest BCUT2D eigenvalue weighted by molar-refractivity contribution is 5.69. The lowest BCUT2D eigenvalue weighted by Gasteiger charge is -2.35. The van der Waals surface area contributed by atoms with Gasteiger partial charge in [-0.25, -0.2) is 23.5 Å². The van der Waals surface area contributed by atoms with Gasteiger partial charge in [-0.05, 0) is 19.1 Å². The second-order valence-electron chi connectivity index (χ2n) is 6.91. The van der Waals surface area contributed by atoms with Gasteiger partial charge in [0.15, 0.2) is 5.82 Å². The third kappa shape index (κ3) is 3.09. The number of hydrogen-bond donors (Lipinski definition) is 2. The van der Waals surface area contributed by atoms with Crippen molar-refractivity contribution < 1.29 is 23.4 Å². The average molecular weight is 391 g/mol. The molecule has 1 unspecified atom stereocenters. The average Bonchev–Trinajstić information content (AvgIpc) is 3.05. The van der Waals surface area contributed by atoms with Gasteiger partial charge in [0.05, 0.1) is 43.6 Å². The van der Waals surface area contributed by atoms with E-state index in [0.29, 0.717) is 36.8 Å². The molecule has 0 bridgehead atoms. The number of amides is 1. The number of morpholine rings is 1. The van der Waals surface area contributed by atoms with Crippen LogP contribution in [-0.2, 0) is 17.8 Å². The van der Waals surface area contributed by atoms with Crippen LogP contribution in [0.25, 0.3) is 11.4 Å². The van der Waals surface area contributed by atoms with Crippen molar-refractivity contribution in [1.82, 2.24) is 14.9 Å². The van der Waals surface area contributed by atoms with E-state index in [4.69, 9.17) is 10.5 Å². The van der Waals surface area contributed by atoms with Crippen LogP contribution in [0.5, 0.6) is 0 Å². The van der Waals surface area contributed by atoms with Gasteiger partial charge < -0.3 is 20.5 Å². The molecule has 4 rings (SSSR count). The number of carbonyl (C=O) groups is 1. The highest BCUT2D eigenvalue weighted by atomic mass is 19.1. The van der Waals surface area contributed by atoms with E-state index in [0.717, 1.165) is 12.1 Å². The summed E-state index contributed by atoms with van der Waals surface area (Å²) in [6, 6.07) is 1.99. The summed E-state index contributed by atoms with van der Waals surface area (Å²) in [5, 5.41) is 9.35. The molecule has 2 aliphatic heterocycles. The van der Waals surface area contributed by atoms with Gasteiger partial charge in [0.25, 0.3) is 0 Å². The van der Waals surface area contributed by atoms with Gasteiger partial charge in [0.1, 0.15) is 17.5 Å². The first-order valence-electron chi connectivity index (χ1n) is 8.82. The van der Waals surface area contributed by atoms with E-state index < -0.39 is 17.7 Å². The zero-order valence-electron chi connectivity index (χ0n) is 15.2. The Bertz CT molecular complexity index is 932. The SMILES string of the molecule is CC1COCCN1c1nc(-c2c(F)cc(N)cc2F)nc2c1CN(C(=O)O)C2. The molecule has 1 saturated heterocycles. The molecule has 3 heterocycles. The minimum atomic E-state index is -1.09. The largest absolute Gasteiger partial charge is 0.465 e. The van der Waals surface area contributed by atoms with E-state index in [1.165, 1.54) is 4.90 Å². The van der Waals surface area contributed by atoms with Crippen LogP contribution in [0.4, 0.5) is 25.1 Å². The van der Waals surface area contributed by atoms with Crippen LogP contribution in [0.3, 0.4) is 0 Å². The molecule has 2 aliphatic rings. The van der Waals surface area contributed by atoms with Crippen LogP contribution < -0.4 is 10.6 Å². The first-order chi connectivity index (χ1) is 13.3. The molecule has 0 saturated carbocycles. The van der Waals surface area contributed by atoms with Crippen LogP contribution >= 0.6 is 0 Å². The predicted molar refractivity (Wildman–Crippen MR) is 96.7 cm³/mol. The number of nitrogens with two attached hydrogens (primary N) is 1. The first-order valence-corrected chi connectivity index (χ1v) is 8.82. The fraction of sp³-hybridized carbons (Fsp3) is 0.389. The number of aromatic nitrogens is 2. The van der Waals surface area contributed by atoms with Crippen LogP contribution in [0.2, 0.25) is 0 Å². The molecule has 2 aromatic rings. The zero-order chi connectivity index (χ0) is 20.0. The lowest BCUT2D eigenvalue weighted by atomic mass is 10.1. The maximum Gasteiger partial charge on any atom is 0.407 e. The van der Waals surface area contributed by atoms with Crippen LogP contribution in [0, 0.1) is 11.6 Å². The summed E-state index contributed by atoms with van der Waals surface area (Å²) in [5.41, 5.74) is 6.16. The second kappa shape index (κ2) is 6.86. The number of rotatable bonds is 2. The highest BCUT2D eigenvalue weighted by Gasteiger charge is 2.33. The van der Waals surface area contributed by atoms with Crippen molar-refractivity contribution >= 4 is 17.6 Å². The molecular formula is C18H19F2N5O3. The van der Waals surface area contributed by atoms with E-state index in [9.17, 15) is 18.7 Å². The monoisotopic (exact) mass is 391 g/mol. The number of hydrogen-bond acceptors (Lipinski definition) is 6. The van der Waals surface area contributed by atoms with E-state index in [1.807, 2.05) is 11.8 Å². The van der Waals surface area contributed by atoms with Gasteiger partial charge in [-0.3, -0.25) is 4.90 Å². The first kappa shape index (κ1) is 18.4. The Morgan fingerprint density at radius 2 is 2.00 bits per heavy atom. The van der Waals surface area contributed by atoms with Gasteiger partial charge in [0, 0.05) is 17.8 Å². The number of anilines is 2. The van der Waals surface area contributed by atoms with Gasteiger partial charge in [0.2, 0.25) is 0 Å². The molecular weight excluding hydrogens is 372 g/mol. The van der Waals surface area contributed by atoms with Crippen LogP contribution in [0.1, 0.15) is 18.2 Å². The van der Waals surface area contributed by atoms with Crippen molar-refractivity contribution in [2.45, 2.75) is 26.1 Å². The van der Waals surface area contributed by atoms with Crippen molar-refractivity contribution in [2.75, 3.05) is 30.4 Å². The van der Waals surface area contributed by atoms with Gasteiger partial charge in [-0.15, -0.1) is 0 Å². The van der Waals surface area contributed by atoms with Gasteiger partial charge in [-0.2, -0.15) is 0 Å². The normalized spacial score (nSPS) is 19.0. The Hall–Kier alpha value is -3.01. The summed E-state index contributed by atoms with van der Waals surface area (Å²) in [7, 11) is 0. The molecule has 1 aromatic carbocycles. The molecule has 1 fully saturated rings. The third-order valence-corrected chi connectivity index (χ3v) is 4.96. The molecule has 1 atom stereocenters. The standard InChI is InChI=1S/C18H19F2N5O3/c1-9-8-28-3-2-25(9)17-11-6-24(18(26)27)7-14(11)22-16(23-17)15-12(19)4-10(21)5-13(15)20/h4-5,9H,2-3,6-8,21H2,1H3,(H,26,27). The number of nitrogen functional groups attached to an aromatic ring is 1. The minimum absolute atomic E-state index is 0.0272. The molecule has 8 nitrogen and oxygen atoms in total. The van der Waals surface area contributed by atoms with E-state index in [2.05, 4.69) is 9.97 Å². The van der Waals surface area contributed by atoms with Gasteiger partial charge in [-0.1, -0.05) is 0 Å². The summed E-state index contributed by atoms with van der Waals surface area (Å²) in [6.07, 6.45) is -1.09. The highest BCUT2D eigenvalue weighted by Crippen LogP contribution is 2.35. The van der Waals surface area contributed by atoms with Crippen molar-refractivity contribution in [3.05, 3.63) is 35.0 Å². The van der Waals surface area contributed by atoms with Crippen LogP contribution in [0.15, 0.2) is 12.1 Å². The Morgan fingerprint density at radius 1 is 1.29 bits per heavy atom. The Labute approximate surface area is 159 Å². The zero-order valence-corrected chi connectivity index (χ0v) is 15.2. The van der Waals surface area contributed by atoms with Crippen LogP contribution in [-0.4, -0.2) is 51.9 Å². The predicted octanol–water partition coefficient (Wildman–Crippen LogP) is 2.22. The van der Waals surface area contributed by atoms with E-state index in [-0.39, 0.29) is 36.2 Å². The third-order valence-electron chi connectivity index (χ3n) is 4.96. The summed E-state index contributed by atoms with van der Waals surface area (Å²) in [6.45, 7) is 3.58. The summed E-state index contributed by atoms with van der Waals surface area (Å²) < 4.78 is 34.4. The smallest absolute Gasteiger partial charge is 0.407 e. The number of benzene rings is 1. The maximum absolute atomic E-state index is 14.5. The lowest BCUT2D eigenvalue weighted by Crippen LogP contribution is -2.44. The second-order valence-corrected chi connectivity index (χ2v) is 6.91. The summed E-state index contributed by atoms with van der Waals surface area (Å²) in [5.74, 6) is -1.39. The fourth-order valence-electron chi connectivity index (χ4n) is 3.57. The molecule has 3 N–H and O–H groups in total. The Kier molecular flexibility index (Phi) is 4.50. The quantitative estimate of drug-likeness (QED) is 0.757. The number of fused-ring (bicyclic) bond motifs is 1. The molecule has 10 heteroatoms. The molecule has 1 aromatic heterocycles. The number of nitrogens with zero attached hydrogens (tertiary/aromatic N) is 4. The van der Waals surface area contributed by atoms with E-state index in [1.54, 1.807) is 0 Å². The number of halogens is 2. The lowest BCUT2D eigenvalue weighted by molar-refractivity contribution is 0.0983. The van der Waals surface area contributed by atoms with Crippen molar-refractivity contribution in [2.24, 2.45) is 0 Å². The number of ether oxygens (including phenoxy) is 1. The molecule has 0 spiro atoms. The minimum Gasteiger partial charge on any atom is -0.465 e. The molecule has 148 valence electrons. The molecule has 28 heavy (non-hydrogen) atoms. The topological polar surface area (TPSA) is 105 Å².